The van der Waals surface area contributed by atoms with Gasteiger partial charge in [-0.2, -0.15) is 0 Å². The average Bonchev–Trinajstić information content (AvgIpc) is 2.63. The maximum absolute atomic E-state index is 13.6. The minimum Gasteiger partial charge on any atom is -0.461 e. The number of carbonyl (C=O) groups is 2. The molecule has 0 aromatic heterocycles. The summed E-state index contributed by atoms with van der Waals surface area (Å²) in [5.41, 5.74) is 2.04. The second kappa shape index (κ2) is 9.88. The summed E-state index contributed by atoms with van der Waals surface area (Å²) in [6.45, 7) is 10.7. The number of hydrogen-bond donors (Lipinski definition) is 0. The Morgan fingerprint density at radius 1 is 1.03 bits per heavy atom. The van der Waals surface area contributed by atoms with Gasteiger partial charge >= 0.3 is 11.9 Å². The molecule has 162 valence electrons. The lowest BCUT2D eigenvalue weighted by atomic mass is 9.84. The third-order valence-corrected chi connectivity index (χ3v) is 4.79. The Hall–Kier alpha value is -2.69. The van der Waals surface area contributed by atoms with E-state index in [2.05, 4.69) is 0 Å². The number of aryl methyl sites for hydroxylation is 1. The molecule has 0 unspecified atom stereocenters. The summed E-state index contributed by atoms with van der Waals surface area (Å²) in [6.07, 6.45) is -0.556. The summed E-state index contributed by atoms with van der Waals surface area (Å²) in [6, 6.07) is 14.3. The molecule has 0 amide bonds. The molecular formula is C25H31FO4. The Morgan fingerprint density at radius 3 is 2.23 bits per heavy atom. The minimum atomic E-state index is -0.631. The predicted molar refractivity (Wildman–Crippen MR) is 115 cm³/mol. The van der Waals surface area contributed by atoms with Crippen LogP contribution in [0.25, 0.3) is 0 Å². The normalized spacial score (nSPS) is 14.5. The molecule has 0 aliphatic heterocycles. The van der Waals surface area contributed by atoms with E-state index in [4.69, 9.17) is 9.47 Å². The molecule has 0 aliphatic rings. The number of halogens is 1. The van der Waals surface area contributed by atoms with Crippen molar-refractivity contribution in [2.24, 2.45) is 5.92 Å². The van der Waals surface area contributed by atoms with E-state index < -0.39 is 29.6 Å². The molecule has 0 heterocycles. The van der Waals surface area contributed by atoms with Crippen molar-refractivity contribution in [3.05, 3.63) is 71.0 Å². The number of rotatable bonds is 7. The van der Waals surface area contributed by atoms with Gasteiger partial charge in [-0.3, -0.25) is 9.59 Å². The zero-order valence-corrected chi connectivity index (χ0v) is 18.6. The summed E-state index contributed by atoms with van der Waals surface area (Å²) in [5.74, 6) is -2.10. The quantitative estimate of drug-likeness (QED) is 0.556. The number of ether oxygens (including phenoxy) is 2. The molecule has 3 atom stereocenters. The number of benzene rings is 2. The molecule has 2 aromatic carbocycles. The fourth-order valence-electron chi connectivity index (χ4n) is 3.44. The molecule has 0 aliphatic carbocycles. The number of carbonyl (C=O) groups excluding carboxylic acids is 2. The summed E-state index contributed by atoms with van der Waals surface area (Å²) in [7, 11) is 0. The van der Waals surface area contributed by atoms with E-state index in [1.165, 1.54) is 12.1 Å². The lowest BCUT2D eigenvalue weighted by molar-refractivity contribution is -0.163. The first-order valence-electron chi connectivity index (χ1n) is 10.2. The maximum atomic E-state index is 13.6. The Morgan fingerprint density at radius 2 is 1.67 bits per heavy atom. The van der Waals surface area contributed by atoms with E-state index in [1.54, 1.807) is 33.8 Å². The van der Waals surface area contributed by atoms with Gasteiger partial charge in [0.15, 0.2) is 0 Å². The van der Waals surface area contributed by atoms with Crippen LogP contribution in [-0.4, -0.2) is 23.6 Å². The van der Waals surface area contributed by atoms with Crippen LogP contribution in [0.2, 0.25) is 0 Å². The Balaban J connectivity index is 2.19. The molecule has 2 aromatic rings. The standard InChI is InChI=1S/C25H31FO4/c1-16-14-20(26)12-13-21(16)23(19-10-8-7-9-11-19)18(3)29-24(28)17(2)15-22(27)30-25(4,5)6/h7-14,17-18,23H,15H2,1-6H3/t17-,18+,23+/m1/s1. The Bertz CT molecular complexity index is 870. The molecule has 0 saturated carbocycles. The highest BCUT2D eigenvalue weighted by Crippen LogP contribution is 2.32. The molecular weight excluding hydrogens is 383 g/mol. The largest absolute Gasteiger partial charge is 0.461 e. The Kier molecular flexibility index (Phi) is 7.77. The van der Waals surface area contributed by atoms with Crippen molar-refractivity contribution >= 4 is 11.9 Å². The van der Waals surface area contributed by atoms with Crippen LogP contribution in [0.4, 0.5) is 4.39 Å². The number of hydrogen-bond acceptors (Lipinski definition) is 4. The van der Waals surface area contributed by atoms with Gasteiger partial charge in [0.25, 0.3) is 0 Å². The van der Waals surface area contributed by atoms with Crippen molar-refractivity contribution < 1.29 is 23.5 Å². The first-order chi connectivity index (χ1) is 14.0. The van der Waals surface area contributed by atoms with Crippen LogP contribution in [0.3, 0.4) is 0 Å². The van der Waals surface area contributed by atoms with Gasteiger partial charge in [-0.05, 0) is 63.4 Å². The molecule has 0 fully saturated rings. The molecule has 0 N–H and O–H groups in total. The SMILES string of the molecule is Cc1cc(F)ccc1[C@H](c1ccccc1)[C@H](C)OC(=O)[C@H](C)CC(=O)OC(C)(C)C. The van der Waals surface area contributed by atoms with Gasteiger partial charge in [0, 0.05) is 5.92 Å². The molecule has 0 spiro atoms. The highest BCUT2D eigenvalue weighted by molar-refractivity contribution is 5.80. The molecule has 30 heavy (non-hydrogen) atoms. The van der Waals surface area contributed by atoms with Gasteiger partial charge in [0.1, 0.15) is 17.5 Å². The average molecular weight is 415 g/mol. The van der Waals surface area contributed by atoms with E-state index in [0.717, 1.165) is 16.7 Å². The fraction of sp³-hybridized carbons (Fsp3) is 0.440. The second-order valence-electron chi connectivity index (χ2n) is 8.72. The smallest absolute Gasteiger partial charge is 0.309 e. The van der Waals surface area contributed by atoms with Crippen molar-refractivity contribution in [2.75, 3.05) is 0 Å². The second-order valence-corrected chi connectivity index (χ2v) is 8.72. The maximum Gasteiger partial charge on any atom is 0.309 e. The van der Waals surface area contributed by atoms with Gasteiger partial charge in [0.2, 0.25) is 0 Å². The zero-order valence-electron chi connectivity index (χ0n) is 18.6. The molecule has 0 radical (unpaired) electrons. The predicted octanol–water partition coefficient (Wildman–Crippen LogP) is 5.57. The fourth-order valence-corrected chi connectivity index (χ4v) is 3.44. The van der Waals surface area contributed by atoms with Crippen LogP contribution >= 0.6 is 0 Å². The highest BCUT2D eigenvalue weighted by atomic mass is 19.1. The summed E-state index contributed by atoms with van der Waals surface area (Å²) >= 11 is 0. The van der Waals surface area contributed by atoms with Gasteiger partial charge < -0.3 is 9.47 Å². The van der Waals surface area contributed by atoms with Crippen LogP contribution in [-0.2, 0) is 19.1 Å². The van der Waals surface area contributed by atoms with E-state index in [-0.39, 0.29) is 18.2 Å². The lowest BCUT2D eigenvalue weighted by Crippen LogP contribution is -2.30. The summed E-state index contributed by atoms with van der Waals surface area (Å²) in [5, 5.41) is 0. The van der Waals surface area contributed by atoms with Crippen LogP contribution in [0.15, 0.2) is 48.5 Å². The molecule has 0 saturated heterocycles. The monoisotopic (exact) mass is 414 g/mol. The molecule has 2 rings (SSSR count). The van der Waals surface area contributed by atoms with Gasteiger partial charge in [-0.25, -0.2) is 4.39 Å². The Labute approximate surface area is 178 Å². The van der Waals surface area contributed by atoms with Crippen molar-refractivity contribution in [2.45, 2.75) is 65.6 Å². The van der Waals surface area contributed by atoms with Gasteiger partial charge in [0.05, 0.1) is 12.3 Å². The molecule has 5 heteroatoms. The first-order valence-corrected chi connectivity index (χ1v) is 10.2. The van der Waals surface area contributed by atoms with Crippen molar-refractivity contribution in [1.29, 1.82) is 0 Å². The zero-order chi connectivity index (χ0) is 22.5. The van der Waals surface area contributed by atoms with Crippen molar-refractivity contribution in [1.82, 2.24) is 0 Å². The molecule has 0 bridgehead atoms. The summed E-state index contributed by atoms with van der Waals surface area (Å²) in [4.78, 5) is 24.7. The van der Waals surface area contributed by atoms with E-state index in [0.29, 0.717) is 0 Å². The lowest BCUT2D eigenvalue weighted by Gasteiger charge is -2.27. The van der Waals surface area contributed by atoms with E-state index >= 15 is 0 Å². The number of esters is 2. The van der Waals surface area contributed by atoms with Gasteiger partial charge in [-0.15, -0.1) is 0 Å². The first kappa shape index (κ1) is 23.6. The molecule has 4 nitrogen and oxygen atoms in total. The van der Waals surface area contributed by atoms with Crippen LogP contribution in [0.1, 0.15) is 63.6 Å². The van der Waals surface area contributed by atoms with E-state index in [1.807, 2.05) is 44.2 Å². The summed E-state index contributed by atoms with van der Waals surface area (Å²) < 4.78 is 24.7. The third-order valence-electron chi connectivity index (χ3n) is 4.79. The van der Waals surface area contributed by atoms with E-state index in [9.17, 15) is 14.0 Å². The van der Waals surface area contributed by atoms with Crippen molar-refractivity contribution in [3.63, 3.8) is 0 Å². The van der Waals surface area contributed by atoms with Crippen LogP contribution in [0, 0.1) is 18.7 Å². The van der Waals surface area contributed by atoms with Crippen LogP contribution in [0.5, 0.6) is 0 Å². The van der Waals surface area contributed by atoms with Crippen LogP contribution < -0.4 is 0 Å². The minimum absolute atomic E-state index is 0.0472. The topological polar surface area (TPSA) is 52.6 Å². The highest BCUT2D eigenvalue weighted by Gasteiger charge is 2.29. The third kappa shape index (κ3) is 6.68. The van der Waals surface area contributed by atoms with Gasteiger partial charge in [-0.1, -0.05) is 43.3 Å². The van der Waals surface area contributed by atoms with Crippen molar-refractivity contribution in [3.8, 4) is 0 Å².